The van der Waals surface area contributed by atoms with Gasteiger partial charge in [-0.3, -0.25) is 0 Å². The molecule has 1 aromatic carbocycles. The highest BCUT2D eigenvalue weighted by Crippen LogP contribution is 2.35. The number of hydrogen-bond donors (Lipinski definition) is 1. The second kappa shape index (κ2) is 5.00. The Morgan fingerprint density at radius 2 is 1.94 bits per heavy atom. The molecule has 0 aliphatic heterocycles. The lowest BCUT2D eigenvalue weighted by Gasteiger charge is -2.15. The van der Waals surface area contributed by atoms with Gasteiger partial charge in [0.1, 0.15) is 0 Å². The minimum atomic E-state index is 0.187. The zero-order chi connectivity index (χ0) is 11.5. The zero-order valence-corrected chi connectivity index (χ0v) is 10.9. The van der Waals surface area contributed by atoms with Gasteiger partial charge in [0.15, 0.2) is 0 Å². The molecule has 0 bridgehead atoms. The Balaban J connectivity index is 2.41. The Morgan fingerprint density at radius 1 is 1.25 bits per heavy atom. The second-order valence-electron chi connectivity index (χ2n) is 3.73. The Hall–Kier alpha value is -0.830. The van der Waals surface area contributed by atoms with E-state index in [2.05, 4.69) is 22.8 Å². The highest BCUT2D eigenvalue weighted by molar-refractivity contribution is 7.10. The monoisotopic (exact) mass is 251 g/mol. The van der Waals surface area contributed by atoms with Crippen LogP contribution in [0.3, 0.4) is 0 Å². The molecule has 0 radical (unpaired) electrons. The molecular weight excluding hydrogens is 238 g/mol. The summed E-state index contributed by atoms with van der Waals surface area (Å²) in [6.45, 7) is 2.04. The number of nitrogens with one attached hydrogen (secondary N) is 1. The van der Waals surface area contributed by atoms with Gasteiger partial charge in [0.25, 0.3) is 0 Å². The summed E-state index contributed by atoms with van der Waals surface area (Å²) in [5.41, 5.74) is 2.39. The van der Waals surface area contributed by atoms with E-state index in [9.17, 15) is 0 Å². The molecule has 2 rings (SSSR count). The van der Waals surface area contributed by atoms with Crippen LogP contribution >= 0.6 is 22.9 Å². The average Bonchev–Trinajstić information content (AvgIpc) is 2.64. The van der Waals surface area contributed by atoms with Gasteiger partial charge in [-0.2, -0.15) is 0 Å². The SMILES string of the molecule is CNC(c1ccccc1)c1scc(C)c1Cl. The predicted molar refractivity (Wildman–Crippen MR) is 71.4 cm³/mol. The van der Waals surface area contributed by atoms with Crippen LogP contribution in [0.25, 0.3) is 0 Å². The number of benzene rings is 1. The largest absolute Gasteiger partial charge is 0.309 e. The lowest BCUT2D eigenvalue weighted by Crippen LogP contribution is -2.16. The maximum atomic E-state index is 6.30. The number of halogens is 1. The first kappa shape index (κ1) is 11.6. The van der Waals surface area contributed by atoms with Crippen LogP contribution in [0.15, 0.2) is 35.7 Å². The van der Waals surface area contributed by atoms with Gasteiger partial charge in [-0.25, -0.2) is 0 Å². The van der Waals surface area contributed by atoms with Crippen molar-refractivity contribution in [3.8, 4) is 0 Å². The molecule has 16 heavy (non-hydrogen) atoms. The van der Waals surface area contributed by atoms with E-state index in [4.69, 9.17) is 11.6 Å². The molecule has 0 aliphatic rings. The summed E-state index contributed by atoms with van der Waals surface area (Å²) in [6.07, 6.45) is 0. The van der Waals surface area contributed by atoms with Crippen molar-refractivity contribution < 1.29 is 0 Å². The molecule has 1 N–H and O–H groups in total. The molecule has 3 heteroatoms. The van der Waals surface area contributed by atoms with Gasteiger partial charge >= 0.3 is 0 Å². The van der Waals surface area contributed by atoms with Crippen LogP contribution in [-0.4, -0.2) is 7.05 Å². The minimum Gasteiger partial charge on any atom is -0.309 e. The highest BCUT2D eigenvalue weighted by Gasteiger charge is 2.17. The van der Waals surface area contributed by atoms with Crippen molar-refractivity contribution >= 4 is 22.9 Å². The first-order valence-corrected chi connectivity index (χ1v) is 6.45. The minimum absolute atomic E-state index is 0.187. The number of rotatable bonds is 3. The van der Waals surface area contributed by atoms with Crippen LogP contribution in [0.1, 0.15) is 22.0 Å². The third kappa shape index (κ3) is 2.14. The average molecular weight is 252 g/mol. The standard InChI is InChI=1S/C13H14ClNS/c1-9-8-16-13(11(9)14)12(15-2)10-6-4-3-5-7-10/h3-8,12,15H,1-2H3. The van der Waals surface area contributed by atoms with E-state index in [0.29, 0.717) is 0 Å². The maximum Gasteiger partial charge on any atom is 0.0683 e. The Morgan fingerprint density at radius 3 is 2.44 bits per heavy atom. The lowest BCUT2D eigenvalue weighted by molar-refractivity contribution is 0.704. The van der Waals surface area contributed by atoms with Crippen LogP contribution in [0.4, 0.5) is 0 Å². The van der Waals surface area contributed by atoms with Gasteiger partial charge in [-0.1, -0.05) is 41.9 Å². The molecule has 0 saturated carbocycles. The lowest BCUT2D eigenvalue weighted by atomic mass is 10.1. The summed E-state index contributed by atoms with van der Waals surface area (Å²) in [4.78, 5) is 1.19. The molecule has 1 nitrogen and oxygen atoms in total. The van der Waals surface area contributed by atoms with Gasteiger partial charge in [0.2, 0.25) is 0 Å². The highest BCUT2D eigenvalue weighted by atomic mass is 35.5. The molecule has 1 atom stereocenters. The van der Waals surface area contributed by atoms with Crippen molar-refractivity contribution in [3.63, 3.8) is 0 Å². The normalized spacial score (nSPS) is 12.7. The van der Waals surface area contributed by atoms with E-state index in [1.54, 1.807) is 11.3 Å². The Kier molecular flexibility index (Phi) is 3.64. The predicted octanol–water partition coefficient (Wildman–Crippen LogP) is 4.02. The summed E-state index contributed by atoms with van der Waals surface area (Å²) < 4.78 is 0. The summed E-state index contributed by atoms with van der Waals surface area (Å²) in [5.74, 6) is 0. The molecule has 0 amide bonds. The van der Waals surface area contributed by atoms with Crippen molar-refractivity contribution in [2.75, 3.05) is 7.05 Å². The molecule has 1 heterocycles. The molecule has 0 saturated heterocycles. The molecule has 0 fully saturated rings. The first-order chi connectivity index (χ1) is 7.74. The second-order valence-corrected chi connectivity index (χ2v) is 5.02. The number of hydrogen-bond acceptors (Lipinski definition) is 2. The van der Waals surface area contributed by atoms with Crippen LogP contribution in [0.5, 0.6) is 0 Å². The summed E-state index contributed by atoms with van der Waals surface area (Å²) in [6, 6.07) is 10.5. The Bertz CT molecular complexity index is 464. The van der Waals surface area contributed by atoms with Gasteiger partial charge in [-0.15, -0.1) is 11.3 Å². The molecule has 84 valence electrons. The van der Waals surface area contributed by atoms with E-state index in [0.717, 1.165) is 10.6 Å². The molecule has 1 unspecified atom stereocenters. The van der Waals surface area contributed by atoms with Crippen molar-refractivity contribution in [3.05, 3.63) is 56.7 Å². The summed E-state index contributed by atoms with van der Waals surface area (Å²) in [5, 5.41) is 6.30. The van der Waals surface area contributed by atoms with Crippen LogP contribution < -0.4 is 5.32 Å². The van der Waals surface area contributed by atoms with E-state index >= 15 is 0 Å². The fraction of sp³-hybridized carbons (Fsp3) is 0.231. The zero-order valence-electron chi connectivity index (χ0n) is 9.33. The van der Waals surface area contributed by atoms with E-state index in [-0.39, 0.29) is 6.04 Å². The molecule has 0 spiro atoms. The Labute approximate surface area is 105 Å². The molecule has 1 aromatic heterocycles. The molecule has 0 aliphatic carbocycles. The maximum absolute atomic E-state index is 6.30. The van der Waals surface area contributed by atoms with Crippen molar-refractivity contribution in [1.82, 2.24) is 5.32 Å². The van der Waals surface area contributed by atoms with Crippen molar-refractivity contribution in [1.29, 1.82) is 0 Å². The first-order valence-electron chi connectivity index (χ1n) is 5.19. The summed E-state index contributed by atoms with van der Waals surface area (Å²) in [7, 11) is 1.96. The van der Waals surface area contributed by atoms with Crippen molar-refractivity contribution in [2.45, 2.75) is 13.0 Å². The van der Waals surface area contributed by atoms with E-state index < -0.39 is 0 Å². The molecule has 2 aromatic rings. The van der Waals surface area contributed by atoms with Gasteiger partial charge in [-0.05, 0) is 30.5 Å². The van der Waals surface area contributed by atoms with E-state index in [1.807, 2.05) is 32.2 Å². The van der Waals surface area contributed by atoms with Crippen LogP contribution in [0, 0.1) is 6.92 Å². The van der Waals surface area contributed by atoms with Gasteiger partial charge in [0.05, 0.1) is 11.1 Å². The van der Waals surface area contributed by atoms with Crippen LogP contribution in [0.2, 0.25) is 5.02 Å². The topological polar surface area (TPSA) is 12.0 Å². The fourth-order valence-electron chi connectivity index (χ4n) is 1.74. The van der Waals surface area contributed by atoms with Gasteiger partial charge in [0, 0.05) is 4.88 Å². The molecular formula is C13H14ClNS. The fourth-order valence-corrected chi connectivity index (χ4v) is 3.18. The van der Waals surface area contributed by atoms with Crippen molar-refractivity contribution in [2.24, 2.45) is 0 Å². The third-order valence-electron chi connectivity index (χ3n) is 2.61. The number of thiophene rings is 1. The third-order valence-corrected chi connectivity index (χ3v) is 4.39. The van der Waals surface area contributed by atoms with E-state index in [1.165, 1.54) is 10.4 Å². The van der Waals surface area contributed by atoms with Gasteiger partial charge < -0.3 is 5.32 Å². The smallest absolute Gasteiger partial charge is 0.0683 e. The quantitative estimate of drug-likeness (QED) is 0.869. The van der Waals surface area contributed by atoms with Crippen LogP contribution in [-0.2, 0) is 0 Å². The number of aryl methyl sites for hydroxylation is 1. The summed E-state index contributed by atoms with van der Waals surface area (Å²) >= 11 is 8.01.